The number of hydrogen-bond acceptors (Lipinski definition) is 4. The van der Waals surface area contributed by atoms with Crippen LogP contribution in [0.5, 0.6) is 0 Å². The Kier molecular flexibility index (Phi) is 11.0. The molecule has 0 saturated carbocycles. The first-order valence-electron chi connectivity index (χ1n) is 6.70. The summed E-state index contributed by atoms with van der Waals surface area (Å²) >= 11 is 1.75. The number of likely N-dealkylation sites (N-methyl/N-ethyl adjacent to an activating group) is 1. The van der Waals surface area contributed by atoms with E-state index in [1.165, 1.54) is 9.88 Å². The minimum Gasteiger partial charge on any atom is -0.356 e. The lowest BCUT2D eigenvalue weighted by Crippen LogP contribution is -2.41. The van der Waals surface area contributed by atoms with Crippen molar-refractivity contribution in [2.24, 2.45) is 4.99 Å². The monoisotopic (exact) mass is 411 g/mol. The van der Waals surface area contributed by atoms with Gasteiger partial charge in [-0.2, -0.15) is 0 Å². The van der Waals surface area contributed by atoms with Crippen molar-refractivity contribution in [2.45, 2.75) is 20.3 Å². The van der Waals surface area contributed by atoms with Crippen LogP contribution in [-0.4, -0.2) is 56.1 Å². The second-order valence-electron chi connectivity index (χ2n) is 4.44. The number of aliphatic imine (C=N–C) groups is 1. The SMILES string of the molecule is CCN(C)CCNC(=NC)NCCc1ncc(C)s1.I. The van der Waals surface area contributed by atoms with Gasteiger partial charge in [0.1, 0.15) is 0 Å². The molecule has 5 nitrogen and oxygen atoms in total. The molecule has 0 unspecified atom stereocenters. The van der Waals surface area contributed by atoms with Crippen LogP contribution in [0.3, 0.4) is 0 Å². The molecule has 0 aliphatic carbocycles. The molecular weight excluding hydrogens is 385 g/mol. The van der Waals surface area contributed by atoms with Gasteiger partial charge in [0.25, 0.3) is 0 Å². The van der Waals surface area contributed by atoms with Crippen molar-refractivity contribution in [3.05, 3.63) is 16.1 Å². The molecule has 1 rings (SSSR count). The van der Waals surface area contributed by atoms with E-state index in [0.717, 1.165) is 38.6 Å². The number of thiazole rings is 1. The molecule has 1 aromatic rings. The topological polar surface area (TPSA) is 52.5 Å². The maximum atomic E-state index is 4.35. The molecule has 2 N–H and O–H groups in total. The molecular formula is C13H26IN5S. The van der Waals surface area contributed by atoms with E-state index in [-0.39, 0.29) is 24.0 Å². The molecule has 0 fully saturated rings. The van der Waals surface area contributed by atoms with E-state index >= 15 is 0 Å². The van der Waals surface area contributed by atoms with Gasteiger partial charge in [-0.1, -0.05) is 6.92 Å². The second-order valence-corrected chi connectivity index (χ2v) is 5.76. The van der Waals surface area contributed by atoms with E-state index in [2.05, 4.69) is 46.4 Å². The summed E-state index contributed by atoms with van der Waals surface area (Å²) in [6.07, 6.45) is 2.86. The van der Waals surface area contributed by atoms with Gasteiger partial charge in [-0.3, -0.25) is 4.99 Å². The summed E-state index contributed by atoms with van der Waals surface area (Å²) in [5, 5.41) is 7.78. The maximum Gasteiger partial charge on any atom is 0.191 e. The Bertz CT molecular complexity index is 394. The molecule has 0 aliphatic rings. The Morgan fingerprint density at radius 1 is 1.40 bits per heavy atom. The van der Waals surface area contributed by atoms with Crippen LogP contribution in [0.25, 0.3) is 0 Å². The van der Waals surface area contributed by atoms with E-state index in [9.17, 15) is 0 Å². The summed E-state index contributed by atoms with van der Waals surface area (Å²) in [4.78, 5) is 12.1. The fraction of sp³-hybridized carbons (Fsp3) is 0.692. The molecule has 0 saturated heterocycles. The highest BCUT2D eigenvalue weighted by Crippen LogP contribution is 2.10. The quantitative estimate of drug-likeness (QED) is 0.408. The van der Waals surface area contributed by atoms with Gasteiger partial charge in [-0.05, 0) is 20.5 Å². The first kappa shape index (κ1) is 19.6. The first-order chi connectivity index (χ1) is 9.15. The van der Waals surface area contributed by atoms with Gasteiger partial charge in [0.15, 0.2) is 5.96 Å². The summed E-state index contributed by atoms with van der Waals surface area (Å²) < 4.78 is 0. The van der Waals surface area contributed by atoms with Crippen LogP contribution in [0.1, 0.15) is 16.8 Å². The second kappa shape index (κ2) is 11.3. The highest BCUT2D eigenvalue weighted by molar-refractivity contribution is 14.0. The molecule has 0 amide bonds. The Balaban J connectivity index is 0.00000361. The standard InChI is InChI=1S/C13H25N5S.HI/c1-5-18(4)9-8-16-13(14-3)15-7-6-12-17-10-11(2)19-12;/h10H,5-9H2,1-4H3,(H2,14,15,16);1H. The average Bonchev–Trinajstić information content (AvgIpc) is 2.82. The lowest BCUT2D eigenvalue weighted by atomic mass is 10.4. The Labute approximate surface area is 143 Å². The third-order valence-corrected chi connectivity index (χ3v) is 3.82. The zero-order valence-electron chi connectivity index (χ0n) is 12.8. The fourth-order valence-electron chi connectivity index (χ4n) is 1.55. The van der Waals surface area contributed by atoms with Gasteiger partial charge < -0.3 is 15.5 Å². The number of guanidine groups is 1. The molecule has 1 aromatic heterocycles. The molecule has 20 heavy (non-hydrogen) atoms. The number of aryl methyl sites for hydroxylation is 1. The van der Waals surface area contributed by atoms with Crippen molar-refractivity contribution < 1.29 is 0 Å². The summed E-state index contributed by atoms with van der Waals surface area (Å²) in [5.74, 6) is 0.859. The third-order valence-electron chi connectivity index (χ3n) is 2.85. The van der Waals surface area contributed by atoms with Gasteiger partial charge in [0, 0.05) is 44.2 Å². The predicted molar refractivity (Wildman–Crippen MR) is 98.5 cm³/mol. The van der Waals surface area contributed by atoms with Crippen LogP contribution in [0.4, 0.5) is 0 Å². The molecule has 0 atom stereocenters. The lowest BCUT2D eigenvalue weighted by Gasteiger charge is -2.16. The highest BCUT2D eigenvalue weighted by Gasteiger charge is 2.01. The van der Waals surface area contributed by atoms with Crippen LogP contribution in [0, 0.1) is 6.92 Å². The van der Waals surface area contributed by atoms with Crippen molar-refractivity contribution in [2.75, 3.05) is 40.3 Å². The predicted octanol–water partition coefficient (Wildman–Crippen LogP) is 1.73. The fourth-order valence-corrected chi connectivity index (χ4v) is 2.34. The largest absolute Gasteiger partial charge is 0.356 e. The Morgan fingerprint density at radius 2 is 2.10 bits per heavy atom. The van der Waals surface area contributed by atoms with Crippen molar-refractivity contribution in [1.29, 1.82) is 0 Å². The van der Waals surface area contributed by atoms with Crippen molar-refractivity contribution in [3.8, 4) is 0 Å². The summed E-state index contributed by atoms with van der Waals surface area (Å²) in [6.45, 7) is 8.08. The third kappa shape index (κ3) is 8.01. The minimum absolute atomic E-state index is 0. The van der Waals surface area contributed by atoms with E-state index in [4.69, 9.17) is 0 Å². The minimum atomic E-state index is 0. The number of rotatable bonds is 7. The normalized spacial score (nSPS) is 11.3. The zero-order chi connectivity index (χ0) is 14.1. The van der Waals surface area contributed by atoms with Gasteiger partial charge in [-0.15, -0.1) is 35.3 Å². The molecule has 0 aromatic carbocycles. The van der Waals surface area contributed by atoms with Crippen LogP contribution in [0.2, 0.25) is 0 Å². The molecule has 1 heterocycles. The van der Waals surface area contributed by atoms with Crippen LogP contribution in [-0.2, 0) is 6.42 Å². The number of hydrogen-bond donors (Lipinski definition) is 2. The molecule has 0 radical (unpaired) electrons. The molecule has 7 heteroatoms. The molecule has 0 spiro atoms. The number of halogens is 1. The number of aromatic nitrogens is 1. The van der Waals surface area contributed by atoms with Crippen LogP contribution >= 0.6 is 35.3 Å². The van der Waals surface area contributed by atoms with Crippen molar-refractivity contribution in [1.82, 2.24) is 20.5 Å². The summed E-state index contributed by atoms with van der Waals surface area (Å²) in [5.41, 5.74) is 0. The highest BCUT2D eigenvalue weighted by atomic mass is 127. The van der Waals surface area contributed by atoms with E-state index in [0.29, 0.717) is 0 Å². The van der Waals surface area contributed by atoms with Gasteiger partial charge in [0.05, 0.1) is 5.01 Å². The van der Waals surface area contributed by atoms with Gasteiger partial charge in [-0.25, -0.2) is 4.98 Å². The van der Waals surface area contributed by atoms with Crippen LogP contribution in [0.15, 0.2) is 11.2 Å². The van der Waals surface area contributed by atoms with Crippen molar-refractivity contribution >= 4 is 41.3 Å². The molecule has 0 bridgehead atoms. The molecule has 116 valence electrons. The van der Waals surface area contributed by atoms with Crippen molar-refractivity contribution in [3.63, 3.8) is 0 Å². The summed E-state index contributed by atoms with van der Waals surface area (Å²) in [6, 6.07) is 0. The van der Waals surface area contributed by atoms with E-state index in [1.807, 2.05) is 6.20 Å². The Hall–Kier alpha value is -0.410. The number of nitrogens with zero attached hydrogens (tertiary/aromatic N) is 3. The van der Waals surface area contributed by atoms with Gasteiger partial charge >= 0.3 is 0 Å². The maximum absolute atomic E-state index is 4.35. The average molecular weight is 411 g/mol. The smallest absolute Gasteiger partial charge is 0.191 e. The summed E-state index contributed by atoms with van der Waals surface area (Å²) in [7, 11) is 3.91. The lowest BCUT2D eigenvalue weighted by molar-refractivity contribution is 0.357. The number of nitrogens with one attached hydrogen (secondary N) is 2. The van der Waals surface area contributed by atoms with E-state index in [1.54, 1.807) is 18.4 Å². The first-order valence-corrected chi connectivity index (χ1v) is 7.51. The van der Waals surface area contributed by atoms with Gasteiger partial charge in [0.2, 0.25) is 0 Å². The van der Waals surface area contributed by atoms with Crippen LogP contribution < -0.4 is 10.6 Å². The zero-order valence-corrected chi connectivity index (χ0v) is 15.9. The molecule has 0 aliphatic heterocycles. The Morgan fingerprint density at radius 3 is 2.65 bits per heavy atom. The van der Waals surface area contributed by atoms with E-state index < -0.39 is 0 Å².